The van der Waals surface area contributed by atoms with E-state index in [4.69, 9.17) is 22.3 Å². The van der Waals surface area contributed by atoms with E-state index in [2.05, 4.69) is 5.10 Å². The average molecular weight is 333 g/mol. The molecule has 20 heavy (non-hydrogen) atoms. The average Bonchev–Trinajstić information content (AvgIpc) is 2.78. The van der Waals surface area contributed by atoms with Gasteiger partial charge in [0.1, 0.15) is 4.90 Å². The summed E-state index contributed by atoms with van der Waals surface area (Å²) in [5, 5.41) is 4.99. The first-order valence-corrected chi connectivity index (χ1v) is 8.88. The van der Waals surface area contributed by atoms with Crippen LogP contribution in [0.2, 0.25) is 5.02 Å². The molecule has 2 rings (SSSR count). The molecule has 1 heterocycles. The van der Waals surface area contributed by atoms with Crippen molar-refractivity contribution in [3.8, 4) is 5.69 Å². The van der Waals surface area contributed by atoms with Crippen LogP contribution in [0.1, 0.15) is 25.2 Å². The Balaban J connectivity index is 2.72. The fourth-order valence-electron chi connectivity index (χ4n) is 2.11. The van der Waals surface area contributed by atoms with Crippen LogP contribution in [-0.4, -0.2) is 18.2 Å². The first-order chi connectivity index (χ1) is 9.38. The van der Waals surface area contributed by atoms with E-state index in [0.29, 0.717) is 29.3 Å². The van der Waals surface area contributed by atoms with Crippen LogP contribution in [0.25, 0.3) is 5.69 Å². The Morgan fingerprint density at radius 1 is 1.15 bits per heavy atom. The molecule has 0 bridgehead atoms. The zero-order valence-corrected chi connectivity index (χ0v) is 13.4. The molecule has 0 unspecified atom stereocenters. The van der Waals surface area contributed by atoms with Crippen molar-refractivity contribution in [2.24, 2.45) is 0 Å². The maximum absolute atomic E-state index is 11.8. The molecular formula is C13H14Cl2N2O2S. The number of hydrogen-bond acceptors (Lipinski definition) is 3. The highest BCUT2D eigenvalue weighted by Crippen LogP contribution is 2.28. The largest absolute Gasteiger partial charge is 0.265 e. The molecule has 0 atom stereocenters. The first kappa shape index (κ1) is 15.4. The van der Waals surface area contributed by atoms with Crippen molar-refractivity contribution in [2.75, 3.05) is 0 Å². The van der Waals surface area contributed by atoms with Gasteiger partial charge in [0.05, 0.1) is 17.1 Å². The third-order valence-electron chi connectivity index (χ3n) is 2.99. The zero-order valence-electron chi connectivity index (χ0n) is 11.1. The molecule has 0 saturated heterocycles. The van der Waals surface area contributed by atoms with Crippen LogP contribution in [0.15, 0.2) is 29.2 Å². The predicted octanol–water partition coefficient (Wildman–Crippen LogP) is 3.58. The van der Waals surface area contributed by atoms with Crippen molar-refractivity contribution in [1.29, 1.82) is 0 Å². The molecule has 1 aromatic heterocycles. The van der Waals surface area contributed by atoms with Crippen LogP contribution in [0.4, 0.5) is 0 Å². The second kappa shape index (κ2) is 5.76. The minimum absolute atomic E-state index is 0.124. The Hall–Kier alpha value is -1.04. The summed E-state index contributed by atoms with van der Waals surface area (Å²) < 4.78 is 25.2. The van der Waals surface area contributed by atoms with E-state index in [0.717, 1.165) is 5.69 Å². The van der Waals surface area contributed by atoms with Crippen molar-refractivity contribution < 1.29 is 8.42 Å². The molecule has 0 aliphatic heterocycles. The lowest BCUT2D eigenvalue weighted by Crippen LogP contribution is -2.03. The maximum atomic E-state index is 11.8. The van der Waals surface area contributed by atoms with Crippen LogP contribution < -0.4 is 0 Å². The smallest absolute Gasteiger partial charge is 0.236 e. The van der Waals surface area contributed by atoms with E-state index in [9.17, 15) is 8.42 Å². The van der Waals surface area contributed by atoms with Gasteiger partial charge in [0.15, 0.2) is 0 Å². The number of aryl methyl sites for hydroxylation is 1. The number of aromatic nitrogens is 2. The van der Waals surface area contributed by atoms with Crippen molar-refractivity contribution >= 4 is 31.3 Å². The number of halogens is 2. The number of hydrogen-bond donors (Lipinski definition) is 0. The minimum atomic E-state index is -3.82. The minimum Gasteiger partial charge on any atom is -0.236 e. The summed E-state index contributed by atoms with van der Waals surface area (Å²) in [4.78, 5) is 0.124. The topological polar surface area (TPSA) is 52.0 Å². The quantitative estimate of drug-likeness (QED) is 0.804. The van der Waals surface area contributed by atoms with E-state index < -0.39 is 9.05 Å². The van der Waals surface area contributed by atoms with Crippen LogP contribution in [0.5, 0.6) is 0 Å². The van der Waals surface area contributed by atoms with Gasteiger partial charge in [-0.05, 0) is 37.1 Å². The van der Waals surface area contributed by atoms with Crippen LogP contribution in [-0.2, 0) is 21.9 Å². The van der Waals surface area contributed by atoms with Gasteiger partial charge in [-0.3, -0.25) is 0 Å². The van der Waals surface area contributed by atoms with Crippen LogP contribution in [0, 0.1) is 0 Å². The van der Waals surface area contributed by atoms with Crippen LogP contribution in [0.3, 0.4) is 0 Å². The van der Waals surface area contributed by atoms with Gasteiger partial charge >= 0.3 is 0 Å². The van der Waals surface area contributed by atoms with Crippen molar-refractivity contribution in [1.82, 2.24) is 9.78 Å². The highest BCUT2D eigenvalue weighted by Gasteiger charge is 2.25. The van der Waals surface area contributed by atoms with Crippen molar-refractivity contribution in [3.63, 3.8) is 0 Å². The Morgan fingerprint density at radius 2 is 1.75 bits per heavy atom. The number of rotatable bonds is 4. The Kier molecular flexibility index (Phi) is 4.42. The molecule has 0 saturated carbocycles. The molecule has 4 nitrogen and oxygen atoms in total. The number of benzene rings is 1. The molecule has 108 valence electrons. The summed E-state index contributed by atoms with van der Waals surface area (Å²) in [5.41, 5.74) is 1.82. The predicted molar refractivity (Wildman–Crippen MR) is 80.4 cm³/mol. The van der Waals surface area contributed by atoms with E-state index >= 15 is 0 Å². The summed E-state index contributed by atoms with van der Waals surface area (Å²) in [6, 6.07) is 7.05. The Bertz CT molecular complexity index is 722. The molecule has 2 aromatic rings. The monoisotopic (exact) mass is 332 g/mol. The second-order valence-electron chi connectivity index (χ2n) is 4.26. The molecule has 0 aliphatic carbocycles. The Morgan fingerprint density at radius 3 is 2.20 bits per heavy atom. The van der Waals surface area contributed by atoms with Gasteiger partial charge in [0.2, 0.25) is 0 Å². The maximum Gasteiger partial charge on any atom is 0.265 e. The molecule has 1 aromatic carbocycles. The highest BCUT2D eigenvalue weighted by atomic mass is 35.7. The SMILES string of the molecule is CCc1nn(-c2ccc(Cl)cc2)c(CC)c1S(=O)(=O)Cl. The summed E-state index contributed by atoms with van der Waals surface area (Å²) >= 11 is 5.86. The lowest BCUT2D eigenvalue weighted by Gasteiger charge is -2.06. The van der Waals surface area contributed by atoms with E-state index in [1.54, 1.807) is 28.9 Å². The highest BCUT2D eigenvalue weighted by molar-refractivity contribution is 8.13. The van der Waals surface area contributed by atoms with Crippen molar-refractivity contribution in [2.45, 2.75) is 31.6 Å². The Labute approximate surface area is 127 Å². The second-order valence-corrected chi connectivity index (χ2v) is 7.19. The third-order valence-corrected chi connectivity index (χ3v) is 4.66. The van der Waals surface area contributed by atoms with E-state index in [1.165, 1.54) is 0 Å². The lowest BCUT2D eigenvalue weighted by atomic mass is 10.2. The van der Waals surface area contributed by atoms with Crippen LogP contribution >= 0.6 is 22.3 Å². The fraction of sp³-hybridized carbons (Fsp3) is 0.308. The molecule has 7 heteroatoms. The molecule has 0 aliphatic rings. The molecule has 0 fully saturated rings. The summed E-state index contributed by atoms with van der Waals surface area (Å²) in [6.07, 6.45) is 1.01. The first-order valence-electron chi connectivity index (χ1n) is 6.19. The lowest BCUT2D eigenvalue weighted by molar-refractivity contribution is 0.607. The van der Waals surface area contributed by atoms with Gasteiger partial charge in [-0.2, -0.15) is 5.10 Å². The van der Waals surface area contributed by atoms with E-state index in [1.807, 2.05) is 13.8 Å². The van der Waals surface area contributed by atoms with Crippen molar-refractivity contribution in [3.05, 3.63) is 40.7 Å². The van der Waals surface area contributed by atoms with E-state index in [-0.39, 0.29) is 4.90 Å². The van der Waals surface area contributed by atoms with Gasteiger partial charge in [0.25, 0.3) is 9.05 Å². The molecular weight excluding hydrogens is 319 g/mol. The standard InChI is InChI=1S/C13H14Cl2N2O2S/c1-3-11-13(20(15,18)19)12(4-2)17(16-11)10-7-5-9(14)6-8-10/h5-8H,3-4H2,1-2H3. The summed E-state index contributed by atoms with van der Waals surface area (Å²) in [5.74, 6) is 0. The van der Waals surface area contributed by atoms with Gasteiger partial charge in [-0.15, -0.1) is 0 Å². The molecule has 0 radical (unpaired) electrons. The summed E-state index contributed by atoms with van der Waals surface area (Å²) in [6.45, 7) is 3.72. The zero-order chi connectivity index (χ0) is 14.9. The molecule has 0 amide bonds. The van der Waals surface area contributed by atoms with Gasteiger partial charge in [0, 0.05) is 15.7 Å². The van der Waals surface area contributed by atoms with Gasteiger partial charge in [-0.1, -0.05) is 25.4 Å². The molecule has 0 N–H and O–H groups in total. The number of nitrogens with zero attached hydrogens (tertiary/aromatic N) is 2. The summed E-state index contributed by atoms with van der Waals surface area (Å²) in [7, 11) is 1.73. The third kappa shape index (κ3) is 2.85. The van der Waals surface area contributed by atoms with Gasteiger partial charge in [-0.25, -0.2) is 13.1 Å². The molecule has 0 spiro atoms. The fourth-order valence-corrected chi connectivity index (χ4v) is 3.75. The normalized spacial score (nSPS) is 11.8. The van der Waals surface area contributed by atoms with Gasteiger partial charge < -0.3 is 0 Å².